The fourth-order valence-corrected chi connectivity index (χ4v) is 4.59. The number of nitrogens with one attached hydrogen (secondary N) is 4. The van der Waals surface area contributed by atoms with Gasteiger partial charge in [-0.25, -0.2) is 4.79 Å². The lowest BCUT2D eigenvalue weighted by Crippen LogP contribution is -2.58. The maximum atomic E-state index is 13.5. The number of hydrogen-bond acceptors (Lipinski definition) is 8. The van der Waals surface area contributed by atoms with Crippen molar-refractivity contribution in [2.45, 2.75) is 62.7 Å². The Morgan fingerprint density at radius 3 is 2.25 bits per heavy atom. The zero-order valence-corrected chi connectivity index (χ0v) is 23.3. The number of fused-ring (bicyclic) bond motifs is 1. The summed E-state index contributed by atoms with van der Waals surface area (Å²) in [6.07, 6.45) is 4.74. The second kappa shape index (κ2) is 16.5. The Hall–Kier alpha value is -3.62. The molecule has 4 unspecified atom stereocenters. The van der Waals surface area contributed by atoms with Crippen molar-refractivity contribution >= 4 is 52.3 Å². The molecule has 0 saturated carbocycles. The van der Waals surface area contributed by atoms with E-state index in [4.69, 9.17) is 17.2 Å². The number of carboxylic acids is 1. The molecule has 0 radical (unpaired) electrons. The largest absolute Gasteiger partial charge is 0.480 e. The molecule has 0 aliphatic carbocycles. The molecule has 40 heavy (non-hydrogen) atoms. The van der Waals surface area contributed by atoms with Gasteiger partial charge in [-0.3, -0.25) is 19.2 Å². The molecule has 1 aromatic heterocycles. The van der Waals surface area contributed by atoms with Crippen LogP contribution in [0.5, 0.6) is 0 Å². The molecule has 13 nitrogen and oxygen atoms in total. The molecule has 0 saturated heterocycles. The number of aromatic nitrogens is 1. The van der Waals surface area contributed by atoms with Crippen molar-refractivity contribution in [2.75, 3.05) is 18.6 Å². The van der Waals surface area contributed by atoms with E-state index in [0.29, 0.717) is 25.1 Å². The first-order valence-electron chi connectivity index (χ1n) is 13.0. The monoisotopic (exact) mass is 577 g/mol. The molecule has 0 bridgehead atoms. The van der Waals surface area contributed by atoms with Gasteiger partial charge in [0.1, 0.15) is 18.1 Å². The van der Waals surface area contributed by atoms with Gasteiger partial charge in [-0.1, -0.05) is 18.2 Å². The van der Waals surface area contributed by atoms with Crippen LogP contribution in [0, 0.1) is 0 Å². The van der Waals surface area contributed by atoms with Crippen molar-refractivity contribution in [3.8, 4) is 0 Å². The number of unbranched alkanes of at least 4 members (excludes halogenated alkanes) is 1. The van der Waals surface area contributed by atoms with E-state index < -0.39 is 60.2 Å². The summed E-state index contributed by atoms with van der Waals surface area (Å²) in [7, 11) is 0. The Bertz CT molecular complexity index is 1170. The topological polar surface area (TPSA) is 236 Å². The minimum absolute atomic E-state index is 0.0542. The lowest BCUT2D eigenvalue weighted by Gasteiger charge is -2.25. The number of carbonyl (C=O) groups excluding carboxylic acids is 4. The standard InChI is InChI=1S/C26H39N7O6S/c1-40-11-9-19(24(36)32-20(26(38)39)8-4-5-10-27)31-25(37)21(33-23(35)17(28)13-22(29)34)12-15-14-30-18-7-3-2-6-16(15)18/h2-3,6-7,14,17,19-21,30H,4-5,8-13,27-28H2,1H3,(H2,29,34)(H,31,37)(H,32,36)(H,33,35)(H,38,39). The molecule has 0 spiro atoms. The van der Waals surface area contributed by atoms with E-state index in [1.54, 1.807) is 6.20 Å². The van der Waals surface area contributed by atoms with E-state index in [9.17, 15) is 29.1 Å². The number of carbonyl (C=O) groups is 5. The number of nitrogens with two attached hydrogens (primary N) is 3. The third kappa shape index (κ3) is 10.2. The number of amides is 4. The summed E-state index contributed by atoms with van der Waals surface area (Å²) < 4.78 is 0. The molecule has 11 N–H and O–H groups in total. The first-order valence-corrected chi connectivity index (χ1v) is 14.4. The van der Waals surface area contributed by atoms with Gasteiger partial charge in [0.15, 0.2) is 0 Å². The normalized spacial score (nSPS) is 14.1. The molecule has 1 aromatic carbocycles. The molecule has 0 aliphatic heterocycles. The number of benzene rings is 1. The van der Waals surface area contributed by atoms with Crippen LogP contribution < -0.4 is 33.2 Å². The summed E-state index contributed by atoms with van der Waals surface area (Å²) in [4.78, 5) is 65.4. The van der Waals surface area contributed by atoms with Gasteiger partial charge < -0.3 is 43.2 Å². The number of aliphatic carboxylic acids is 1. The van der Waals surface area contributed by atoms with Crippen molar-refractivity contribution in [2.24, 2.45) is 17.2 Å². The molecule has 2 rings (SSSR count). The number of para-hydroxylation sites is 1. The summed E-state index contributed by atoms with van der Waals surface area (Å²) >= 11 is 1.45. The van der Waals surface area contributed by atoms with E-state index in [2.05, 4.69) is 20.9 Å². The van der Waals surface area contributed by atoms with Crippen molar-refractivity contribution in [3.05, 3.63) is 36.0 Å². The highest BCUT2D eigenvalue weighted by Crippen LogP contribution is 2.19. The molecular formula is C26H39N7O6S. The van der Waals surface area contributed by atoms with Crippen molar-refractivity contribution in [1.82, 2.24) is 20.9 Å². The average molecular weight is 578 g/mol. The predicted molar refractivity (Wildman–Crippen MR) is 153 cm³/mol. The Morgan fingerprint density at radius 2 is 1.60 bits per heavy atom. The maximum absolute atomic E-state index is 13.5. The second-order valence-corrected chi connectivity index (χ2v) is 10.4. The van der Waals surface area contributed by atoms with Gasteiger partial charge in [-0.2, -0.15) is 11.8 Å². The fourth-order valence-electron chi connectivity index (χ4n) is 4.12. The molecule has 0 aliphatic rings. The summed E-state index contributed by atoms with van der Waals surface area (Å²) in [5, 5.41) is 18.2. The van der Waals surface area contributed by atoms with Gasteiger partial charge in [-0.05, 0) is 55.9 Å². The van der Waals surface area contributed by atoms with E-state index in [1.807, 2.05) is 30.5 Å². The number of aromatic amines is 1. The molecule has 14 heteroatoms. The zero-order chi connectivity index (χ0) is 29.7. The van der Waals surface area contributed by atoms with Crippen LogP contribution in [0.25, 0.3) is 10.9 Å². The molecule has 220 valence electrons. The average Bonchev–Trinajstić information content (AvgIpc) is 3.32. The zero-order valence-electron chi connectivity index (χ0n) is 22.5. The number of rotatable bonds is 18. The van der Waals surface area contributed by atoms with Crippen molar-refractivity contribution in [3.63, 3.8) is 0 Å². The van der Waals surface area contributed by atoms with Crippen molar-refractivity contribution < 1.29 is 29.1 Å². The fraction of sp³-hybridized carbons (Fsp3) is 0.500. The van der Waals surface area contributed by atoms with E-state index in [0.717, 1.165) is 16.5 Å². The number of hydrogen-bond donors (Lipinski definition) is 8. The smallest absolute Gasteiger partial charge is 0.326 e. The van der Waals surface area contributed by atoms with Gasteiger partial charge in [0.05, 0.1) is 12.5 Å². The Morgan fingerprint density at radius 1 is 0.950 bits per heavy atom. The Kier molecular flexibility index (Phi) is 13.4. The minimum Gasteiger partial charge on any atom is -0.480 e. The maximum Gasteiger partial charge on any atom is 0.326 e. The van der Waals surface area contributed by atoms with Gasteiger partial charge in [0, 0.05) is 23.5 Å². The summed E-state index contributed by atoms with van der Waals surface area (Å²) in [5.41, 5.74) is 18.0. The SMILES string of the molecule is CSCCC(NC(=O)C(Cc1c[nH]c2ccccc12)NC(=O)C(N)CC(N)=O)C(=O)NC(CCCCN)C(=O)O. The van der Waals surface area contributed by atoms with Crippen LogP contribution in [0.1, 0.15) is 37.7 Å². The van der Waals surface area contributed by atoms with Crippen molar-refractivity contribution in [1.29, 1.82) is 0 Å². The molecule has 4 amide bonds. The van der Waals surface area contributed by atoms with Crippen LogP contribution in [0.2, 0.25) is 0 Å². The number of carboxylic acid groups (broad SMARTS) is 1. The van der Waals surface area contributed by atoms with Crippen LogP contribution in [0.3, 0.4) is 0 Å². The Balaban J connectivity index is 2.26. The summed E-state index contributed by atoms with van der Waals surface area (Å²) in [5.74, 6) is -3.52. The van der Waals surface area contributed by atoms with Crippen LogP contribution in [-0.4, -0.2) is 82.4 Å². The summed E-state index contributed by atoms with van der Waals surface area (Å²) in [6, 6.07) is 2.80. The first-order chi connectivity index (χ1) is 19.1. The quantitative estimate of drug-likeness (QED) is 0.105. The van der Waals surface area contributed by atoms with Crippen LogP contribution in [0.15, 0.2) is 30.5 Å². The molecule has 1 heterocycles. The second-order valence-electron chi connectivity index (χ2n) is 9.43. The third-order valence-electron chi connectivity index (χ3n) is 6.29. The highest BCUT2D eigenvalue weighted by molar-refractivity contribution is 7.98. The lowest BCUT2D eigenvalue weighted by molar-refractivity contribution is -0.142. The number of primary amides is 1. The van der Waals surface area contributed by atoms with Gasteiger partial charge in [0.25, 0.3) is 0 Å². The minimum atomic E-state index is -1.27. The molecule has 0 fully saturated rings. The van der Waals surface area contributed by atoms with E-state index in [1.165, 1.54) is 11.8 Å². The predicted octanol–water partition coefficient (Wildman–Crippen LogP) is -0.666. The molecule has 4 atom stereocenters. The Labute approximate surface area is 236 Å². The van der Waals surface area contributed by atoms with Crippen LogP contribution in [0.4, 0.5) is 0 Å². The summed E-state index contributed by atoms with van der Waals surface area (Å²) in [6.45, 7) is 0.402. The number of H-pyrrole nitrogens is 1. The third-order valence-corrected chi connectivity index (χ3v) is 6.94. The molecular weight excluding hydrogens is 538 g/mol. The first kappa shape index (κ1) is 32.6. The van der Waals surface area contributed by atoms with Gasteiger partial charge >= 0.3 is 5.97 Å². The lowest BCUT2D eigenvalue weighted by atomic mass is 10.0. The highest BCUT2D eigenvalue weighted by Gasteiger charge is 2.31. The highest BCUT2D eigenvalue weighted by atomic mass is 32.2. The van der Waals surface area contributed by atoms with E-state index in [-0.39, 0.29) is 19.3 Å². The van der Waals surface area contributed by atoms with Gasteiger partial charge in [-0.15, -0.1) is 0 Å². The van der Waals surface area contributed by atoms with Gasteiger partial charge in [0.2, 0.25) is 23.6 Å². The number of thioether (sulfide) groups is 1. The molecule has 2 aromatic rings. The van der Waals surface area contributed by atoms with Crippen LogP contribution >= 0.6 is 11.8 Å². The van der Waals surface area contributed by atoms with E-state index >= 15 is 0 Å². The van der Waals surface area contributed by atoms with Crippen LogP contribution in [-0.2, 0) is 30.4 Å².